The third-order valence-corrected chi connectivity index (χ3v) is 2.14. The second kappa shape index (κ2) is 3.58. The van der Waals surface area contributed by atoms with E-state index in [9.17, 15) is 9.59 Å². The fraction of sp³-hybridized carbons (Fsp3) is 0. The molecule has 2 aromatic rings. The number of aromatic carboxylic acids is 2. The van der Waals surface area contributed by atoms with Crippen molar-refractivity contribution in [1.29, 1.82) is 0 Å². The van der Waals surface area contributed by atoms with Gasteiger partial charge in [-0.25, -0.2) is 19.6 Å². The van der Waals surface area contributed by atoms with E-state index in [1.54, 1.807) is 0 Å². The average molecular weight is 218 g/mol. The summed E-state index contributed by atoms with van der Waals surface area (Å²) in [5.74, 6) is -2.29. The van der Waals surface area contributed by atoms with Crippen molar-refractivity contribution in [2.24, 2.45) is 0 Å². The fourth-order valence-corrected chi connectivity index (χ4v) is 1.44. The standard InChI is InChI=1S/C10H6N2O4/c13-9(14)5-1-2-6(10(15)16)8-7(5)3-11-4-12-8/h1-4H,(H,13,14)(H,15,16). The van der Waals surface area contributed by atoms with Crippen molar-refractivity contribution in [3.05, 3.63) is 35.8 Å². The van der Waals surface area contributed by atoms with Crippen molar-refractivity contribution >= 4 is 22.8 Å². The molecule has 6 heteroatoms. The highest BCUT2D eigenvalue weighted by Crippen LogP contribution is 2.20. The minimum absolute atomic E-state index is 0.0133. The third-order valence-electron chi connectivity index (χ3n) is 2.14. The molecule has 0 bridgehead atoms. The highest BCUT2D eigenvalue weighted by atomic mass is 16.4. The lowest BCUT2D eigenvalue weighted by Crippen LogP contribution is -2.04. The van der Waals surface area contributed by atoms with Crippen LogP contribution in [0.25, 0.3) is 10.9 Å². The molecule has 0 aliphatic heterocycles. The predicted octanol–water partition coefficient (Wildman–Crippen LogP) is 1.03. The molecule has 0 atom stereocenters. The number of benzene rings is 1. The van der Waals surface area contributed by atoms with Crippen LogP contribution in [0.3, 0.4) is 0 Å². The molecule has 0 aliphatic carbocycles. The summed E-state index contributed by atoms with van der Waals surface area (Å²) in [6, 6.07) is 2.46. The quantitative estimate of drug-likeness (QED) is 0.780. The van der Waals surface area contributed by atoms with Gasteiger partial charge in [0.05, 0.1) is 16.6 Å². The van der Waals surface area contributed by atoms with Crippen LogP contribution in [0.1, 0.15) is 20.7 Å². The van der Waals surface area contributed by atoms with E-state index in [0.717, 1.165) is 0 Å². The van der Waals surface area contributed by atoms with E-state index in [1.165, 1.54) is 24.7 Å². The van der Waals surface area contributed by atoms with Crippen LogP contribution in [-0.4, -0.2) is 32.1 Å². The summed E-state index contributed by atoms with van der Waals surface area (Å²) in [7, 11) is 0. The Kier molecular flexibility index (Phi) is 2.24. The predicted molar refractivity (Wildman–Crippen MR) is 53.5 cm³/mol. The minimum atomic E-state index is -1.15. The Hall–Kier alpha value is -2.50. The SMILES string of the molecule is O=C(O)c1ccc(C(=O)O)c2ncncc12. The van der Waals surface area contributed by atoms with E-state index < -0.39 is 11.9 Å². The molecule has 1 aromatic carbocycles. The van der Waals surface area contributed by atoms with Gasteiger partial charge in [0.15, 0.2) is 0 Å². The first-order valence-electron chi connectivity index (χ1n) is 4.30. The molecule has 0 saturated heterocycles. The number of rotatable bonds is 2. The number of carbonyl (C=O) groups is 2. The molecule has 16 heavy (non-hydrogen) atoms. The highest BCUT2D eigenvalue weighted by molar-refractivity contribution is 6.09. The van der Waals surface area contributed by atoms with E-state index in [0.29, 0.717) is 0 Å². The van der Waals surface area contributed by atoms with Crippen molar-refractivity contribution in [2.75, 3.05) is 0 Å². The Morgan fingerprint density at radius 2 is 1.69 bits per heavy atom. The van der Waals surface area contributed by atoms with Gasteiger partial charge in [-0.3, -0.25) is 0 Å². The summed E-state index contributed by atoms with van der Waals surface area (Å²) in [6.45, 7) is 0. The van der Waals surface area contributed by atoms with E-state index >= 15 is 0 Å². The van der Waals surface area contributed by atoms with Crippen molar-refractivity contribution in [1.82, 2.24) is 9.97 Å². The van der Waals surface area contributed by atoms with Crippen LogP contribution >= 0.6 is 0 Å². The van der Waals surface area contributed by atoms with E-state index in [-0.39, 0.29) is 22.0 Å². The van der Waals surface area contributed by atoms with Gasteiger partial charge in [0, 0.05) is 11.6 Å². The molecule has 6 nitrogen and oxygen atoms in total. The number of aromatic nitrogens is 2. The molecule has 0 unspecified atom stereocenters. The number of carboxylic acid groups (broad SMARTS) is 2. The van der Waals surface area contributed by atoms with Gasteiger partial charge in [-0.1, -0.05) is 0 Å². The van der Waals surface area contributed by atoms with Gasteiger partial charge in [0.2, 0.25) is 0 Å². The first-order valence-corrected chi connectivity index (χ1v) is 4.30. The Morgan fingerprint density at radius 1 is 1.06 bits per heavy atom. The molecular weight excluding hydrogens is 212 g/mol. The molecule has 2 N–H and O–H groups in total. The summed E-state index contributed by atoms with van der Waals surface area (Å²) < 4.78 is 0. The summed E-state index contributed by atoms with van der Waals surface area (Å²) in [4.78, 5) is 29.3. The molecular formula is C10H6N2O4. The first kappa shape index (κ1) is 10.0. The largest absolute Gasteiger partial charge is 0.478 e. The first-order chi connectivity index (χ1) is 7.61. The number of hydrogen-bond donors (Lipinski definition) is 2. The number of hydrogen-bond acceptors (Lipinski definition) is 4. The van der Waals surface area contributed by atoms with Crippen LogP contribution in [0.2, 0.25) is 0 Å². The van der Waals surface area contributed by atoms with Crippen LogP contribution in [-0.2, 0) is 0 Å². The number of nitrogens with zero attached hydrogens (tertiary/aromatic N) is 2. The molecule has 0 aliphatic rings. The maximum Gasteiger partial charge on any atom is 0.337 e. The number of fused-ring (bicyclic) bond motifs is 1. The van der Waals surface area contributed by atoms with Gasteiger partial charge >= 0.3 is 11.9 Å². The van der Waals surface area contributed by atoms with E-state index in [2.05, 4.69) is 9.97 Å². The summed E-state index contributed by atoms with van der Waals surface area (Å²) in [6.07, 6.45) is 2.47. The maximum absolute atomic E-state index is 10.9. The summed E-state index contributed by atoms with van der Waals surface area (Å²) in [5.41, 5.74) is 0.0744. The van der Waals surface area contributed by atoms with Crippen LogP contribution in [0, 0.1) is 0 Å². The van der Waals surface area contributed by atoms with Gasteiger partial charge in [0.25, 0.3) is 0 Å². The zero-order chi connectivity index (χ0) is 11.7. The lowest BCUT2D eigenvalue weighted by Gasteiger charge is -2.03. The normalized spacial score (nSPS) is 10.2. The molecule has 0 amide bonds. The average Bonchev–Trinajstić information content (AvgIpc) is 2.27. The lowest BCUT2D eigenvalue weighted by molar-refractivity contribution is 0.0684. The second-order valence-corrected chi connectivity index (χ2v) is 3.06. The van der Waals surface area contributed by atoms with Crippen LogP contribution in [0.4, 0.5) is 0 Å². The van der Waals surface area contributed by atoms with Crippen molar-refractivity contribution in [3.8, 4) is 0 Å². The highest BCUT2D eigenvalue weighted by Gasteiger charge is 2.15. The molecule has 80 valence electrons. The molecule has 1 aromatic heterocycles. The molecule has 0 saturated carbocycles. The van der Waals surface area contributed by atoms with Crippen molar-refractivity contribution in [3.63, 3.8) is 0 Å². The Labute approximate surface area is 89.2 Å². The van der Waals surface area contributed by atoms with Gasteiger partial charge in [0.1, 0.15) is 6.33 Å². The minimum Gasteiger partial charge on any atom is -0.478 e. The van der Waals surface area contributed by atoms with Crippen LogP contribution < -0.4 is 0 Å². The summed E-state index contributed by atoms with van der Waals surface area (Å²) in [5, 5.41) is 18.0. The molecule has 0 spiro atoms. The Balaban J connectivity index is 2.87. The van der Waals surface area contributed by atoms with Crippen LogP contribution in [0.5, 0.6) is 0 Å². The zero-order valence-electron chi connectivity index (χ0n) is 7.91. The molecule has 1 heterocycles. The lowest BCUT2D eigenvalue weighted by atomic mass is 10.1. The van der Waals surface area contributed by atoms with E-state index in [1.807, 2.05) is 0 Å². The number of carboxylic acids is 2. The van der Waals surface area contributed by atoms with Gasteiger partial charge in [-0.15, -0.1) is 0 Å². The van der Waals surface area contributed by atoms with Crippen molar-refractivity contribution < 1.29 is 19.8 Å². The topological polar surface area (TPSA) is 100 Å². The van der Waals surface area contributed by atoms with Crippen molar-refractivity contribution in [2.45, 2.75) is 0 Å². The smallest absolute Gasteiger partial charge is 0.337 e. The fourth-order valence-electron chi connectivity index (χ4n) is 1.44. The summed E-state index contributed by atoms with van der Waals surface area (Å²) >= 11 is 0. The monoisotopic (exact) mass is 218 g/mol. The maximum atomic E-state index is 10.9. The van der Waals surface area contributed by atoms with Gasteiger partial charge < -0.3 is 10.2 Å². The molecule has 0 radical (unpaired) electrons. The molecule has 2 rings (SSSR count). The Morgan fingerprint density at radius 3 is 2.31 bits per heavy atom. The Bertz CT molecular complexity index is 542. The zero-order valence-corrected chi connectivity index (χ0v) is 7.91. The molecule has 0 fully saturated rings. The van der Waals surface area contributed by atoms with Gasteiger partial charge in [-0.2, -0.15) is 0 Å². The van der Waals surface area contributed by atoms with Gasteiger partial charge in [-0.05, 0) is 12.1 Å². The third kappa shape index (κ3) is 1.46. The second-order valence-electron chi connectivity index (χ2n) is 3.06. The van der Waals surface area contributed by atoms with E-state index in [4.69, 9.17) is 10.2 Å². The van der Waals surface area contributed by atoms with Crippen LogP contribution in [0.15, 0.2) is 24.7 Å².